The average molecular weight is 338 g/mol. The molecule has 0 spiro atoms. The molecule has 1 atom stereocenters. The maximum absolute atomic E-state index is 12.5. The highest BCUT2D eigenvalue weighted by Gasteiger charge is 2.28. The molecule has 0 aromatic heterocycles. The van der Waals surface area contributed by atoms with Gasteiger partial charge < -0.3 is 15.3 Å². The minimum atomic E-state index is -0.108. The molecule has 2 saturated carbocycles. The van der Waals surface area contributed by atoms with Crippen LogP contribution in [-0.2, 0) is 9.59 Å². The Morgan fingerprint density at radius 2 is 1.71 bits per heavy atom. The van der Waals surface area contributed by atoms with E-state index in [4.69, 9.17) is 0 Å². The Balaban J connectivity index is 1.73. The molecule has 2 N–H and O–H groups in total. The van der Waals surface area contributed by atoms with E-state index in [2.05, 4.69) is 5.32 Å². The van der Waals surface area contributed by atoms with Gasteiger partial charge in [0.25, 0.3) is 0 Å². The molecular weight excluding hydrogens is 304 g/mol. The first kappa shape index (κ1) is 19.2. The number of carbonyl (C=O) groups is 2. The van der Waals surface area contributed by atoms with Crippen LogP contribution in [-0.4, -0.2) is 47.6 Å². The van der Waals surface area contributed by atoms with E-state index in [1.165, 1.54) is 6.42 Å². The Morgan fingerprint density at radius 1 is 1.08 bits per heavy atom. The van der Waals surface area contributed by atoms with E-state index in [1.807, 2.05) is 18.9 Å². The quantitative estimate of drug-likeness (QED) is 0.782. The number of carbonyl (C=O) groups excluding carboxylic acids is 2. The topological polar surface area (TPSA) is 69.6 Å². The molecule has 2 fully saturated rings. The van der Waals surface area contributed by atoms with Crippen molar-refractivity contribution in [3.8, 4) is 0 Å². The molecule has 2 aliphatic carbocycles. The number of aliphatic hydroxyl groups is 1. The van der Waals surface area contributed by atoms with Crippen LogP contribution in [0.5, 0.6) is 0 Å². The zero-order valence-electron chi connectivity index (χ0n) is 15.3. The van der Waals surface area contributed by atoms with E-state index in [-0.39, 0.29) is 36.4 Å². The Bertz CT molecular complexity index is 413. The van der Waals surface area contributed by atoms with E-state index < -0.39 is 0 Å². The number of nitrogens with one attached hydrogen (secondary N) is 1. The standard InChI is InChI=1S/C19H34N2O3/c1-14(20-19(24)16-6-4-3-5-7-16)12-18(23)21(2)17-10-8-15(13-22)9-11-17/h14-17,22H,3-13H2,1-2H3,(H,20,24). The van der Waals surface area contributed by atoms with E-state index in [1.54, 1.807) is 0 Å². The van der Waals surface area contributed by atoms with Crippen molar-refractivity contribution in [2.45, 2.75) is 83.2 Å². The zero-order valence-corrected chi connectivity index (χ0v) is 15.3. The molecule has 0 bridgehead atoms. The van der Waals surface area contributed by atoms with Gasteiger partial charge in [0.05, 0.1) is 0 Å². The number of hydrogen-bond acceptors (Lipinski definition) is 3. The van der Waals surface area contributed by atoms with Crippen LogP contribution < -0.4 is 5.32 Å². The molecule has 5 heteroatoms. The molecule has 2 rings (SSSR count). The van der Waals surface area contributed by atoms with Gasteiger partial charge in [-0.05, 0) is 51.4 Å². The van der Waals surface area contributed by atoms with Gasteiger partial charge in [-0.1, -0.05) is 19.3 Å². The molecule has 0 aliphatic heterocycles. The molecule has 0 heterocycles. The predicted molar refractivity (Wildman–Crippen MR) is 94.4 cm³/mol. The van der Waals surface area contributed by atoms with Crippen molar-refractivity contribution in [3.05, 3.63) is 0 Å². The number of nitrogens with zero attached hydrogens (tertiary/aromatic N) is 1. The molecule has 138 valence electrons. The minimum absolute atomic E-state index is 0.108. The van der Waals surface area contributed by atoms with Crippen LogP contribution in [0.3, 0.4) is 0 Å². The van der Waals surface area contributed by atoms with E-state index in [0.717, 1.165) is 51.4 Å². The molecule has 0 saturated heterocycles. The lowest BCUT2D eigenvalue weighted by Gasteiger charge is -2.34. The van der Waals surface area contributed by atoms with Gasteiger partial charge in [0.15, 0.2) is 0 Å². The van der Waals surface area contributed by atoms with Crippen molar-refractivity contribution in [2.24, 2.45) is 11.8 Å². The summed E-state index contributed by atoms with van der Waals surface area (Å²) in [4.78, 5) is 26.6. The first-order valence-corrected chi connectivity index (χ1v) is 9.68. The summed E-state index contributed by atoms with van der Waals surface area (Å²) in [7, 11) is 1.88. The van der Waals surface area contributed by atoms with Gasteiger partial charge >= 0.3 is 0 Å². The van der Waals surface area contributed by atoms with Crippen LogP contribution in [0.25, 0.3) is 0 Å². The molecule has 2 amide bonds. The van der Waals surface area contributed by atoms with Crippen LogP contribution in [0.1, 0.15) is 71.1 Å². The normalized spacial score (nSPS) is 26.6. The van der Waals surface area contributed by atoms with Crippen molar-refractivity contribution in [2.75, 3.05) is 13.7 Å². The fraction of sp³-hybridized carbons (Fsp3) is 0.895. The van der Waals surface area contributed by atoms with E-state index >= 15 is 0 Å². The largest absolute Gasteiger partial charge is 0.396 e. The maximum Gasteiger partial charge on any atom is 0.224 e. The van der Waals surface area contributed by atoms with Gasteiger partial charge in [-0.15, -0.1) is 0 Å². The van der Waals surface area contributed by atoms with Gasteiger partial charge in [0, 0.05) is 38.1 Å². The number of hydrogen-bond donors (Lipinski definition) is 2. The third-order valence-corrected chi connectivity index (χ3v) is 5.86. The van der Waals surface area contributed by atoms with Crippen LogP contribution in [0.15, 0.2) is 0 Å². The van der Waals surface area contributed by atoms with Gasteiger partial charge in [0.2, 0.25) is 11.8 Å². The Hall–Kier alpha value is -1.10. The zero-order chi connectivity index (χ0) is 17.5. The molecule has 2 aliphatic rings. The van der Waals surface area contributed by atoms with E-state index in [9.17, 15) is 14.7 Å². The fourth-order valence-corrected chi connectivity index (χ4v) is 4.10. The summed E-state index contributed by atoms with van der Waals surface area (Å²) in [5.41, 5.74) is 0. The van der Waals surface area contributed by atoms with Gasteiger partial charge in [-0.3, -0.25) is 9.59 Å². The molecule has 5 nitrogen and oxygen atoms in total. The van der Waals surface area contributed by atoms with Gasteiger partial charge in [-0.25, -0.2) is 0 Å². The van der Waals surface area contributed by atoms with Crippen molar-refractivity contribution >= 4 is 11.8 Å². The summed E-state index contributed by atoms with van der Waals surface area (Å²) in [6.07, 6.45) is 9.79. The van der Waals surface area contributed by atoms with Crippen molar-refractivity contribution in [1.29, 1.82) is 0 Å². The first-order chi connectivity index (χ1) is 11.5. The lowest BCUT2D eigenvalue weighted by molar-refractivity contribution is -0.133. The average Bonchev–Trinajstić information content (AvgIpc) is 2.61. The number of rotatable bonds is 6. The highest BCUT2D eigenvalue weighted by atomic mass is 16.3. The summed E-state index contributed by atoms with van der Waals surface area (Å²) >= 11 is 0. The molecule has 0 radical (unpaired) electrons. The summed E-state index contributed by atoms with van der Waals surface area (Å²) in [6, 6.07) is 0.171. The number of aliphatic hydroxyl groups excluding tert-OH is 1. The minimum Gasteiger partial charge on any atom is -0.396 e. The maximum atomic E-state index is 12.5. The Labute approximate surface area is 146 Å². The van der Waals surface area contributed by atoms with Gasteiger partial charge in [-0.2, -0.15) is 0 Å². The summed E-state index contributed by atoms with van der Waals surface area (Å²) in [5.74, 6) is 0.779. The Morgan fingerprint density at radius 3 is 2.29 bits per heavy atom. The third kappa shape index (κ3) is 5.47. The molecule has 0 aromatic carbocycles. The second kappa shape index (κ2) is 9.40. The van der Waals surface area contributed by atoms with Crippen LogP contribution in [0.4, 0.5) is 0 Å². The lowest BCUT2D eigenvalue weighted by atomic mass is 9.86. The monoisotopic (exact) mass is 338 g/mol. The second-order valence-corrected chi connectivity index (χ2v) is 7.81. The Kier molecular flexibility index (Phi) is 7.53. The van der Waals surface area contributed by atoms with E-state index in [0.29, 0.717) is 12.3 Å². The molecule has 24 heavy (non-hydrogen) atoms. The number of amides is 2. The SMILES string of the molecule is CC(CC(=O)N(C)C1CCC(CO)CC1)NC(=O)C1CCCCC1. The summed E-state index contributed by atoms with van der Waals surface area (Å²) in [5, 5.41) is 12.2. The molecule has 1 unspecified atom stereocenters. The highest BCUT2D eigenvalue weighted by Crippen LogP contribution is 2.27. The van der Waals surface area contributed by atoms with Gasteiger partial charge in [0.1, 0.15) is 0 Å². The van der Waals surface area contributed by atoms with Crippen molar-refractivity contribution in [1.82, 2.24) is 10.2 Å². The third-order valence-electron chi connectivity index (χ3n) is 5.86. The van der Waals surface area contributed by atoms with Crippen molar-refractivity contribution in [3.63, 3.8) is 0 Å². The molecule has 0 aromatic rings. The molecular formula is C19H34N2O3. The highest BCUT2D eigenvalue weighted by molar-refractivity contribution is 5.81. The van der Waals surface area contributed by atoms with Crippen molar-refractivity contribution < 1.29 is 14.7 Å². The predicted octanol–water partition coefficient (Wildman–Crippen LogP) is 2.47. The summed E-state index contributed by atoms with van der Waals surface area (Å²) < 4.78 is 0. The second-order valence-electron chi connectivity index (χ2n) is 7.81. The lowest BCUT2D eigenvalue weighted by Crippen LogP contribution is -2.44. The van der Waals surface area contributed by atoms with Crippen LogP contribution in [0, 0.1) is 11.8 Å². The summed E-state index contributed by atoms with van der Waals surface area (Å²) in [6.45, 7) is 2.18. The first-order valence-electron chi connectivity index (χ1n) is 9.68. The van der Waals surface area contributed by atoms with Crippen LogP contribution in [0.2, 0.25) is 0 Å². The van der Waals surface area contributed by atoms with Crippen LogP contribution >= 0.6 is 0 Å². The fourth-order valence-electron chi connectivity index (χ4n) is 4.10. The smallest absolute Gasteiger partial charge is 0.224 e.